The zero-order valence-corrected chi connectivity index (χ0v) is 11.5. The molecule has 1 aliphatic carbocycles. The summed E-state index contributed by atoms with van der Waals surface area (Å²) in [7, 11) is 0. The molecule has 0 saturated heterocycles. The summed E-state index contributed by atoms with van der Waals surface area (Å²) in [6.45, 7) is 2.87. The van der Waals surface area contributed by atoms with Crippen LogP contribution < -0.4 is 10.6 Å². The third-order valence-electron chi connectivity index (χ3n) is 3.33. The Kier molecular flexibility index (Phi) is 7.07. The van der Waals surface area contributed by atoms with Crippen molar-refractivity contribution < 1.29 is 19.4 Å². The fourth-order valence-corrected chi connectivity index (χ4v) is 2.16. The van der Waals surface area contributed by atoms with Crippen LogP contribution in [0.25, 0.3) is 0 Å². The van der Waals surface area contributed by atoms with Gasteiger partial charge in [-0.2, -0.15) is 0 Å². The van der Waals surface area contributed by atoms with E-state index in [2.05, 4.69) is 10.6 Å². The number of hydrogen-bond acceptors (Lipinski definition) is 3. The second-order valence-corrected chi connectivity index (χ2v) is 5.17. The minimum Gasteiger partial charge on any atom is -0.465 e. The lowest BCUT2D eigenvalue weighted by molar-refractivity contribution is 0.0745. The van der Waals surface area contributed by atoms with Crippen LogP contribution in [0.2, 0.25) is 0 Å². The molecular formula is C13H24N2O4. The molecule has 1 atom stereocenters. The summed E-state index contributed by atoms with van der Waals surface area (Å²) in [5.74, 6) is 0.214. The molecule has 1 rings (SSSR count). The van der Waals surface area contributed by atoms with Crippen LogP contribution in [0.3, 0.4) is 0 Å². The zero-order valence-electron chi connectivity index (χ0n) is 11.5. The Bertz CT molecular complexity index is 290. The van der Waals surface area contributed by atoms with E-state index in [-0.39, 0.29) is 18.1 Å². The molecule has 0 spiro atoms. The Hall–Kier alpha value is -1.46. The van der Waals surface area contributed by atoms with Crippen LogP contribution in [-0.4, -0.2) is 36.5 Å². The predicted octanol–water partition coefficient (Wildman–Crippen LogP) is 2.34. The molecule has 110 valence electrons. The summed E-state index contributed by atoms with van der Waals surface area (Å²) in [4.78, 5) is 21.8. The van der Waals surface area contributed by atoms with E-state index in [1.54, 1.807) is 0 Å². The summed E-state index contributed by atoms with van der Waals surface area (Å²) in [6, 6.07) is 0. The van der Waals surface area contributed by atoms with Crippen molar-refractivity contribution >= 4 is 12.2 Å². The molecule has 0 bridgehead atoms. The monoisotopic (exact) mass is 272 g/mol. The molecule has 0 aromatic rings. The fraction of sp³-hybridized carbons (Fsp3) is 0.846. The minimum atomic E-state index is -1.02. The maximum absolute atomic E-state index is 11.6. The highest BCUT2D eigenvalue weighted by molar-refractivity contribution is 5.67. The van der Waals surface area contributed by atoms with Crippen LogP contribution in [0.4, 0.5) is 9.59 Å². The molecular weight excluding hydrogens is 248 g/mol. The lowest BCUT2D eigenvalue weighted by atomic mass is 9.98. The first-order chi connectivity index (χ1) is 9.08. The Morgan fingerprint density at radius 1 is 1.26 bits per heavy atom. The van der Waals surface area contributed by atoms with Crippen molar-refractivity contribution in [2.24, 2.45) is 5.92 Å². The molecule has 1 aliphatic rings. The van der Waals surface area contributed by atoms with Gasteiger partial charge in [-0.15, -0.1) is 0 Å². The van der Waals surface area contributed by atoms with E-state index in [9.17, 15) is 9.59 Å². The molecule has 1 fully saturated rings. The maximum Gasteiger partial charge on any atom is 0.407 e. The Balaban J connectivity index is 2.06. The third-order valence-corrected chi connectivity index (χ3v) is 3.33. The van der Waals surface area contributed by atoms with E-state index in [1.165, 1.54) is 6.42 Å². The summed E-state index contributed by atoms with van der Waals surface area (Å²) in [5, 5.41) is 13.5. The Labute approximate surface area is 113 Å². The SMILES string of the molecule is CC(CCNC(=O)O)CNC(=O)OC1CCCCC1. The van der Waals surface area contributed by atoms with Crippen LogP contribution in [0.15, 0.2) is 0 Å². The predicted molar refractivity (Wildman–Crippen MR) is 71.2 cm³/mol. The standard InChI is InChI=1S/C13H24N2O4/c1-10(7-8-14-12(16)17)9-15-13(18)19-11-5-3-2-4-6-11/h10-11,14H,2-9H2,1H3,(H,15,18)(H,16,17). The average Bonchev–Trinajstić information content (AvgIpc) is 2.37. The molecule has 0 radical (unpaired) electrons. The van der Waals surface area contributed by atoms with Gasteiger partial charge in [-0.25, -0.2) is 9.59 Å². The van der Waals surface area contributed by atoms with Gasteiger partial charge in [0.05, 0.1) is 0 Å². The molecule has 1 unspecified atom stereocenters. The number of carboxylic acid groups (broad SMARTS) is 1. The van der Waals surface area contributed by atoms with Crippen molar-refractivity contribution in [3.8, 4) is 0 Å². The van der Waals surface area contributed by atoms with Crippen molar-refractivity contribution in [1.29, 1.82) is 0 Å². The van der Waals surface area contributed by atoms with Crippen LogP contribution in [0, 0.1) is 5.92 Å². The van der Waals surface area contributed by atoms with Crippen LogP contribution in [0.1, 0.15) is 45.4 Å². The summed E-state index contributed by atoms with van der Waals surface area (Å²) < 4.78 is 5.32. The first kappa shape index (κ1) is 15.6. The highest BCUT2D eigenvalue weighted by Gasteiger charge is 2.17. The molecule has 1 saturated carbocycles. The molecule has 0 aromatic heterocycles. The number of amides is 2. The van der Waals surface area contributed by atoms with Gasteiger partial charge in [-0.1, -0.05) is 13.3 Å². The van der Waals surface area contributed by atoms with Crippen LogP contribution >= 0.6 is 0 Å². The van der Waals surface area contributed by atoms with Crippen molar-refractivity contribution in [3.63, 3.8) is 0 Å². The highest BCUT2D eigenvalue weighted by atomic mass is 16.6. The molecule has 0 aliphatic heterocycles. The minimum absolute atomic E-state index is 0.0673. The molecule has 0 heterocycles. The average molecular weight is 272 g/mol. The maximum atomic E-state index is 11.6. The second-order valence-electron chi connectivity index (χ2n) is 5.17. The Morgan fingerprint density at radius 2 is 1.95 bits per heavy atom. The van der Waals surface area contributed by atoms with E-state index in [4.69, 9.17) is 9.84 Å². The quantitative estimate of drug-likeness (QED) is 0.692. The van der Waals surface area contributed by atoms with Gasteiger partial charge >= 0.3 is 12.2 Å². The molecule has 2 amide bonds. The van der Waals surface area contributed by atoms with Gasteiger partial charge < -0.3 is 20.5 Å². The lowest BCUT2D eigenvalue weighted by Crippen LogP contribution is -2.34. The van der Waals surface area contributed by atoms with Gasteiger partial charge in [0.1, 0.15) is 6.10 Å². The molecule has 6 nitrogen and oxygen atoms in total. The van der Waals surface area contributed by atoms with Gasteiger partial charge in [0.2, 0.25) is 0 Å². The topological polar surface area (TPSA) is 87.7 Å². The van der Waals surface area contributed by atoms with E-state index < -0.39 is 6.09 Å². The Morgan fingerprint density at radius 3 is 2.58 bits per heavy atom. The summed E-state index contributed by atoms with van der Waals surface area (Å²) in [6.07, 6.45) is 4.81. The van der Waals surface area contributed by atoms with E-state index in [1.807, 2.05) is 6.92 Å². The van der Waals surface area contributed by atoms with Crippen molar-refractivity contribution in [2.45, 2.75) is 51.6 Å². The summed E-state index contributed by atoms with van der Waals surface area (Å²) in [5.41, 5.74) is 0. The van der Waals surface area contributed by atoms with Crippen LogP contribution in [-0.2, 0) is 4.74 Å². The zero-order chi connectivity index (χ0) is 14.1. The first-order valence-corrected chi connectivity index (χ1v) is 6.99. The second kappa shape index (κ2) is 8.61. The first-order valence-electron chi connectivity index (χ1n) is 6.99. The number of carbonyl (C=O) groups excluding carboxylic acids is 1. The van der Waals surface area contributed by atoms with Crippen molar-refractivity contribution in [3.05, 3.63) is 0 Å². The number of rotatable bonds is 6. The normalized spacial score (nSPS) is 17.5. The smallest absolute Gasteiger partial charge is 0.407 e. The molecule has 3 N–H and O–H groups in total. The highest BCUT2D eigenvalue weighted by Crippen LogP contribution is 2.20. The lowest BCUT2D eigenvalue weighted by Gasteiger charge is -2.22. The summed E-state index contributed by atoms with van der Waals surface area (Å²) >= 11 is 0. The van der Waals surface area contributed by atoms with E-state index >= 15 is 0 Å². The van der Waals surface area contributed by atoms with Gasteiger partial charge in [-0.3, -0.25) is 0 Å². The number of carbonyl (C=O) groups is 2. The van der Waals surface area contributed by atoms with E-state index in [0.717, 1.165) is 25.7 Å². The number of alkyl carbamates (subject to hydrolysis) is 1. The van der Waals surface area contributed by atoms with Gasteiger partial charge in [0.25, 0.3) is 0 Å². The van der Waals surface area contributed by atoms with Crippen LogP contribution in [0.5, 0.6) is 0 Å². The molecule has 0 aromatic carbocycles. The molecule has 6 heteroatoms. The largest absolute Gasteiger partial charge is 0.465 e. The van der Waals surface area contributed by atoms with Crippen molar-refractivity contribution in [2.75, 3.05) is 13.1 Å². The van der Waals surface area contributed by atoms with Gasteiger partial charge in [0, 0.05) is 13.1 Å². The van der Waals surface area contributed by atoms with Gasteiger partial charge in [-0.05, 0) is 38.0 Å². The third kappa shape index (κ3) is 7.54. The number of ether oxygens (including phenoxy) is 1. The number of hydrogen-bond donors (Lipinski definition) is 3. The van der Waals surface area contributed by atoms with Crippen molar-refractivity contribution in [1.82, 2.24) is 10.6 Å². The van der Waals surface area contributed by atoms with Gasteiger partial charge in [0.15, 0.2) is 0 Å². The van der Waals surface area contributed by atoms with E-state index in [0.29, 0.717) is 19.5 Å². The number of nitrogens with one attached hydrogen (secondary N) is 2. The fourth-order valence-electron chi connectivity index (χ4n) is 2.16. The molecule has 19 heavy (non-hydrogen) atoms.